The number of aryl methyl sites for hydroxylation is 1. The molecular weight excluding hydrogens is 816 g/mol. The lowest BCUT2D eigenvalue weighted by molar-refractivity contribution is 0.590. The van der Waals surface area contributed by atoms with Gasteiger partial charge in [0.2, 0.25) is 0 Å². The largest absolute Gasteiger partial charge is 0.311 e. The van der Waals surface area contributed by atoms with Gasteiger partial charge in [-0.2, -0.15) is 0 Å². The maximum atomic E-state index is 2.64. The molecule has 4 heteroatoms. The number of nitrogens with zero attached hydrogens (tertiary/aromatic N) is 2. The number of thiophene rings is 1. The zero-order valence-electron chi connectivity index (χ0n) is 39.1. The summed E-state index contributed by atoms with van der Waals surface area (Å²) in [5.41, 5.74) is 26.1. The third kappa shape index (κ3) is 5.31. The Hall–Kier alpha value is -6.62. The van der Waals surface area contributed by atoms with Crippen molar-refractivity contribution in [3.63, 3.8) is 0 Å². The summed E-state index contributed by atoms with van der Waals surface area (Å²) in [5.74, 6) is 0.882. The average molecular weight is 869 g/mol. The molecule has 320 valence electrons. The highest BCUT2D eigenvalue weighted by atomic mass is 32.1. The molecule has 0 unspecified atom stereocenters. The van der Waals surface area contributed by atoms with Crippen molar-refractivity contribution in [2.75, 3.05) is 9.80 Å². The first kappa shape index (κ1) is 39.7. The van der Waals surface area contributed by atoms with Gasteiger partial charge in [0.15, 0.2) is 0 Å². The number of fused-ring (bicyclic) bond motifs is 16. The molecule has 2 nitrogen and oxygen atoms in total. The predicted octanol–water partition coefficient (Wildman–Crippen LogP) is 15.2. The van der Waals surface area contributed by atoms with E-state index in [4.69, 9.17) is 0 Å². The van der Waals surface area contributed by atoms with Gasteiger partial charge in [0.1, 0.15) is 0 Å². The Morgan fingerprint density at radius 2 is 1.08 bits per heavy atom. The van der Waals surface area contributed by atoms with Crippen molar-refractivity contribution in [3.05, 3.63) is 208 Å². The van der Waals surface area contributed by atoms with Crippen LogP contribution in [0.2, 0.25) is 0 Å². The lowest BCUT2D eigenvalue weighted by atomic mass is 9.36. The lowest BCUT2D eigenvalue weighted by Gasteiger charge is -2.43. The molecule has 9 aromatic rings. The molecule has 66 heavy (non-hydrogen) atoms. The van der Waals surface area contributed by atoms with Crippen LogP contribution in [0.1, 0.15) is 105 Å². The van der Waals surface area contributed by atoms with Crippen molar-refractivity contribution in [2.45, 2.75) is 78.1 Å². The van der Waals surface area contributed by atoms with E-state index in [1.807, 2.05) is 11.3 Å². The van der Waals surface area contributed by atoms with Crippen LogP contribution < -0.4 is 25.5 Å². The molecule has 2 aliphatic carbocycles. The van der Waals surface area contributed by atoms with Crippen LogP contribution >= 0.6 is 11.3 Å². The van der Waals surface area contributed by atoms with Gasteiger partial charge >= 0.3 is 0 Å². The highest BCUT2D eigenvalue weighted by Crippen LogP contribution is 2.64. The summed E-state index contributed by atoms with van der Waals surface area (Å²) in [7, 11) is 0. The van der Waals surface area contributed by atoms with E-state index in [0.29, 0.717) is 11.8 Å². The van der Waals surface area contributed by atoms with E-state index in [2.05, 4.69) is 229 Å². The maximum Gasteiger partial charge on any atom is 0.264 e. The van der Waals surface area contributed by atoms with E-state index in [1.54, 1.807) is 0 Å². The Morgan fingerprint density at radius 1 is 0.515 bits per heavy atom. The van der Waals surface area contributed by atoms with E-state index < -0.39 is 5.41 Å². The summed E-state index contributed by atoms with van der Waals surface area (Å²) in [4.78, 5) is 5.18. The molecule has 4 aliphatic rings. The van der Waals surface area contributed by atoms with Crippen molar-refractivity contribution >= 4 is 78.0 Å². The standard InChI is InChI=1S/C62H53BN2S/c1-36(2)39-21-26-42(27-22-39)64-54-20-14-13-19-53(54)63-58-55(64)31-38(5)32-56(58)65(43-28-24-41(25-29-43)61(6,7)8)59-48-34-52-47(35-57(48)66-60(59)63)46-30-23-40(37(3)4)33-51(46)62(52)49-17-11-9-15-44(49)45-16-10-12-18-50(45)62/h9-37H,1-8H3. The van der Waals surface area contributed by atoms with Crippen LogP contribution in [0.4, 0.5) is 34.1 Å². The first-order valence-electron chi connectivity index (χ1n) is 23.9. The Kier molecular flexibility index (Phi) is 8.40. The highest BCUT2D eigenvalue weighted by molar-refractivity contribution is 7.33. The van der Waals surface area contributed by atoms with Crippen molar-refractivity contribution in [2.24, 2.45) is 0 Å². The molecule has 0 N–H and O–H groups in total. The van der Waals surface area contributed by atoms with Gasteiger partial charge in [-0.1, -0.05) is 158 Å². The normalized spacial score (nSPS) is 14.7. The molecule has 0 radical (unpaired) electrons. The molecule has 3 heterocycles. The van der Waals surface area contributed by atoms with Gasteiger partial charge in [0.25, 0.3) is 6.71 Å². The van der Waals surface area contributed by atoms with Gasteiger partial charge in [-0.25, -0.2) is 0 Å². The predicted molar refractivity (Wildman–Crippen MR) is 284 cm³/mol. The minimum Gasteiger partial charge on any atom is -0.311 e. The van der Waals surface area contributed by atoms with Gasteiger partial charge < -0.3 is 9.80 Å². The number of anilines is 6. The molecule has 1 spiro atoms. The van der Waals surface area contributed by atoms with E-state index in [-0.39, 0.29) is 12.1 Å². The monoisotopic (exact) mass is 868 g/mol. The fourth-order valence-corrected chi connectivity index (χ4v) is 13.6. The van der Waals surface area contributed by atoms with Crippen LogP contribution in [0.3, 0.4) is 0 Å². The third-order valence-corrected chi connectivity index (χ3v) is 16.6. The van der Waals surface area contributed by atoms with Crippen LogP contribution in [0.15, 0.2) is 164 Å². The third-order valence-electron chi connectivity index (χ3n) is 15.4. The second-order valence-electron chi connectivity index (χ2n) is 20.9. The van der Waals surface area contributed by atoms with Crippen LogP contribution in [0.5, 0.6) is 0 Å². The summed E-state index contributed by atoms with van der Waals surface area (Å²) in [5, 5.41) is 1.32. The molecule has 1 aromatic heterocycles. The Morgan fingerprint density at radius 3 is 1.74 bits per heavy atom. The Labute approximate surface area is 394 Å². The van der Waals surface area contributed by atoms with Gasteiger partial charge in [-0.05, 0) is 156 Å². The van der Waals surface area contributed by atoms with E-state index in [0.717, 1.165) is 0 Å². The summed E-state index contributed by atoms with van der Waals surface area (Å²) in [6.45, 7) is 18.5. The fraction of sp³-hybridized carbons (Fsp3) is 0.194. The molecular formula is C62H53BN2S. The molecule has 8 aromatic carbocycles. The summed E-state index contributed by atoms with van der Waals surface area (Å²) in [6.07, 6.45) is 0. The number of benzene rings is 8. The lowest BCUT2D eigenvalue weighted by Crippen LogP contribution is -2.60. The minimum atomic E-state index is -0.440. The number of hydrogen-bond acceptors (Lipinski definition) is 3. The van der Waals surface area contributed by atoms with Crippen molar-refractivity contribution in [1.82, 2.24) is 0 Å². The van der Waals surface area contributed by atoms with Gasteiger partial charge in [-0.3, -0.25) is 0 Å². The topological polar surface area (TPSA) is 6.48 Å². The van der Waals surface area contributed by atoms with E-state index in [1.165, 1.54) is 127 Å². The first-order valence-corrected chi connectivity index (χ1v) is 24.7. The Bertz CT molecular complexity index is 3450. The number of hydrogen-bond donors (Lipinski definition) is 0. The van der Waals surface area contributed by atoms with Crippen molar-refractivity contribution < 1.29 is 0 Å². The molecule has 0 bridgehead atoms. The molecule has 13 rings (SSSR count). The zero-order chi connectivity index (χ0) is 45.0. The second-order valence-corrected chi connectivity index (χ2v) is 22.0. The SMILES string of the molecule is Cc1cc2c3c(c1)N(c1ccc(C(C)(C)C)cc1)c1c(sc4cc5c(cc14)C1(c4ccccc4-c4ccccc41)c1cc(C(C)C)ccc1-5)B3c1ccccc1N2c1ccc(C(C)C)cc1. The van der Waals surface area contributed by atoms with Gasteiger partial charge in [-0.15, -0.1) is 11.3 Å². The summed E-state index contributed by atoms with van der Waals surface area (Å²) in [6, 6.07) is 63.9. The number of para-hydroxylation sites is 1. The molecule has 0 saturated carbocycles. The Balaban J connectivity index is 1.13. The smallest absolute Gasteiger partial charge is 0.264 e. The molecule has 0 atom stereocenters. The maximum absolute atomic E-state index is 2.64. The molecule has 0 amide bonds. The van der Waals surface area contributed by atoms with Gasteiger partial charge in [0, 0.05) is 43.3 Å². The van der Waals surface area contributed by atoms with E-state index in [9.17, 15) is 0 Å². The zero-order valence-corrected chi connectivity index (χ0v) is 39.9. The van der Waals surface area contributed by atoms with Crippen molar-refractivity contribution in [1.29, 1.82) is 0 Å². The molecule has 0 saturated heterocycles. The molecule has 0 fully saturated rings. The van der Waals surface area contributed by atoms with E-state index >= 15 is 0 Å². The van der Waals surface area contributed by atoms with Crippen LogP contribution in [-0.4, -0.2) is 6.71 Å². The molecule has 2 aliphatic heterocycles. The minimum absolute atomic E-state index is 0.0385. The summed E-state index contributed by atoms with van der Waals surface area (Å²) < 4.78 is 2.74. The van der Waals surface area contributed by atoms with Crippen molar-refractivity contribution in [3.8, 4) is 22.3 Å². The summed E-state index contributed by atoms with van der Waals surface area (Å²) >= 11 is 2.01. The van der Waals surface area contributed by atoms with Crippen LogP contribution in [-0.2, 0) is 10.8 Å². The van der Waals surface area contributed by atoms with Crippen LogP contribution in [0, 0.1) is 6.92 Å². The highest BCUT2D eigenvalue weighted by Gasteiger charge is 2.53. The average Bonchev–Trinajstić information content (AvgIpc) is 3.94. The second kappa shape index (κ2) is 14.0. The number of rotatable bonds is 4. The van der Waals surface area contributed by atoms with Gasteiger partial charge in [0.05, 0.1) is 11.1 Å². The quantitative estimate of drug-likeness (QED) is 0.163. The van der Waals surface area contributed by atoms with Crippen LogP contribution in [0.25, 0.3) is 32.3 Å². The fourth-order valence-electron chi connectivity index (χ4n) is 12.2. The first-order chi connectivity index (χ1) is 31.9.